The second kappa shape index (κ2) is 48.0. The summed E-state index contributed by atoms with van der Waals surface area (Å²) in [5, 5.41) is 13.8. The van der Waals surface area contributed by atoms with Gasteiger partial charge in [-0.25, -0.2) is 0 Å². The number of hydrogen-bond donors (Lipinski definition) is 2. The lowest BCUT2D eigenvalue weighted by atomic mass is 10.0. The minimum Gasteiger partial charge on any atom is -0.756 e. The van der Waals surface area contributed by atoms with E-state index in [-0.39, 0.29) is 12.5 Å². The SMILES string of the molecule is CC/C=C\C/C=C\C/C=C\CCCCCCCCCC(=O)NC(COP(=O)([O-])OCC[N+](C)(C)C)C(O)/C=C/CC/C=C/CC/C=C/CCCCCCCCCCCCCCCCCCC. The summed E-state index contributed by atoms with van der Waals surface area (Å²) in [7, 11) is 1.22. The Hall–Kier alpha value is -2.06. The summed E-state index contributed by atoms with van der Waals surface area (Å²) in [6.45, 7) is 4.51. The predicted octanol–water partition coefficient (Wildman–Crippen LogP) is 15.7. The summed E-state index contributed by atoms with van der Waals surface area (Å²) in [4.78, 5) is 25.4. The number of unbranched alkanes of at least 4 members (excludes halogenated alkanes) is 26. The molecule has 0 saturated carbocycles. The number of nitrogens with zero attached hydrogens (tertiary/aromatic N) is 1. The van der Waals surface area contributed by atoms with Gasteiger partial charge in [-0.1, -0.05) is 222 Å². The molecule has 9 heteroatoms. The molecule has 0 fully saturated rings. The first-order chi connectivity index (χ1) is 32.0. The van der Waals surface area contributed by atoms with E-state index in [1.54, 1.807) is 6.08 Å². The summed E-state index contributed by atoms with van der Waals surface area (Å²) in [5.41, 5.74) is 0. The van der Waals surface area contributed by atoms with Gasteiger partial charge in [0, 0.05) is 6.42 Å². The van der Waals surface area contributed by atoms with Crippen molar-refractivity contribution in [2.45, 2.75) is 244 Å². The molecule has 2 N–H and O–H groups in total. The van der Waals surface area contributed by atoms with Crippen LogP contribution in [0.15, 0.2) is 72.9 Å². The second-order valence-electron chi connectivity index (χ2n) is 19.5. The predicted molar refractivity (Wildman–Crippen MR) is 284 cm³/mol. The second-order valence-corrected chi connectivity index (χ2v) is 20.9. The molecule has 66 heavy (non-hydrogen) atoms. The first-order valence-electron chi connectivity index (χ1n) is 27.3. The minimum absolute atomic E-state index is 0.0142. The molecular formula is C57H105N2O6P. The lowest BCUT2D eigenvalue weighted by Crippen LogP contribution is -2.45. The molecule has 384 valence electrons. The van der Waals surface area contributed by atoms with Crippen molar-refractivity contribution in [3.05, 3.63) is 72.9 Å². The van der Waals surface area contributed by atoms with Gasteiger partial charge in [0.2, 0.25) is 5.91 Å². The van der Waals surface area contributed by atoms with Gasteiger partial charge in [0.1, 0.15) is 13.2 Å². The highest BCUT2D eigenvalue weighted by atomic mass is 31.2. The molecule has 0 aromatic heterocycles. The zero-order valence-electron chi connectivity index (χ0n) is 43.6. The maximum absolute atomic E-state index is 12.9. The first kappa shape index (κ1) is 63.9. The number of carbonyl (C=O) groups excluding carboxylic acids is 1. The highest BCUT2D eigenvalue weighted by Crippen LogP contribution is 2.38. The number of likely N-dealkylation sites (N-methyl/N-ethyl adjacent to an activating group) is 1. The number of aliphatic hydroxyl groups is 1. The Balaban J connectivity index is 4.32. The summed E-state index contributed by atoms with van der Waals surface area (Å²) >= 11 is 0. The van der Waals surface area contributed by atoms with E-state index >= 15 is 0 Å². The molecule has 0 rings (SSSR count). The van der Waals surface area contributed by atoms with Crippen LogP contribution < -0.4 is 10.2 Å². The molecule has 0 heterocycles. The average molecular weight is 945 g/mol. The number of hydrogen-bond acceptors (Lipinski definition) is 6. The number of quaternary nitrogens is 1. The van der Waals surface area contributed by atoms with E-state index in [1.165, 1.54) is 135 Å². The summed E-state index contributed by atoms with van der Waals surface area (Å²) in [6, 6.07) is -0.919. The Morgan fingerprint density at radius 1 is 0.545 bits per heavy atom. The van der Waals surface area contributed by atoms with Crippen LogP contribution in [-0.4, -0.2) is 68.5 Å². The number of rotatable bonds is 49. The van der Waals surface area contributed by atoms with Crippen molar-refractivity contribution in [2.24, 2.45) is 0 Å². The van der Waals surface area contributed by atoms with Crippen LogP contribution in [-0.2, 0) is 18.4 Å². The van der Waals surface area contributed by atoms with E-state index in [4.69, 9.17) is 9.05 Å². The van der Waals surface area contributed by atoms with Gasteiger partial charge < -0.3 is 28.8 Å². The average Bonchev–Trinajstić information content (AvgIpc) is 3.28. The third-order valence-corrected chi connectivity index (χ3v) is 12.8. The molecule has 0 aromatic rings. The van der Waals surface area contributed by atoms with Crippen molar-refractivity contribution >= 4 is 13.7 Å². The third kappa shape index (κ3) is 49.8. The molecule has 0 aliphatic carbocycles. The fourth-order valence-corrected chi connectivity index (χ4v) is 8.33. The van der Waals surface area contributed by atoms with E-state index < -0.39 is 26.6 Å². The zero-order chi connectivity index (χ0) is 48.5. The molecule has 0 saturated heterocycles. The van der Waals surface area contributed by atoms with E-state index in [1.807, 2.05) is 27.2 Å². The van der Waals surface area contributed by atoms with Gasteiger partial charge in [0.15, 0.2) is 0 Å². The largest absolute Gasteiger partial charge is 0.756 e. The van der Waals surface area contributed by atoms with Crippen LogP contribution in [0.4, 0.5) is 0 Å². The van der Waals surface area contributed by atoms with Crippen molar-refractivity contribution in [2.75, 3.05) is 40.9 Å². The molecule has 0 radical (unpaired) electrons. The van der Waals surface area contributed by atoms with Crippen LogP contribution in [0.2, 0.25) is 0 Å². The highest BCUT2D eigenvalue weighted by molar-refractivity contribution is 7.45. The quantitative estimate of drug-likeness (QED) is 0.0272. The number of amides is 1. The van der Waals surface area contributed by atoms with Crippen LogP contribution in [0.25, 0.3) is 0 Å². The molecule has 3 unspecified atom stereocenters. The molecule has 0 spiro atoms. The molecule has 3 atom stereocenters. The van der Waals surface area contributed by atoms with E-state index in [0.29, 0.717) is 17.4 Å². The van der Waals surface area contributed by atoms with Gasteiger partial charge in [-0.3, -0.25) is 9.36 Å². The molecule has 1 amide bonds. The van der Waals surface area contributed by atoms with Crippen LogP contribution in [0.3, 0.4) is 0 Å². The summed E-state index contributed by atoms with van der Waals surface area (Å²) < 4.78 is 23.3. The van der Waals surface area contributed by atoms with Crippen molar-refractivity contribution in [1.29, 1.82) is 0 Å². The Morgan fingerprint density at radius 3 is 1.41 bits per heavy atom. The minimum atomic E-state index is -4.61. The van der Waals surface area contributed by atoms with Crippen LogP contribution in [0.1, 0.15) is 232 Å². The Kier molecular flexibility index (Phi) is 46.5. The van der Waals surface area contributed by atoms with Gasteiger partial charge in [-0.15, -0.1) is 0 Å². The fraction of sp³-hybridized carbons (Fsp3) is 0.772. The van der Waals surface area contributed by atoms with E-state index in [2.05, 4.69) is 79.9 Å². The number of allylic oxidation sites excluding steroid dienone is 11. The van der Waals surface area contributed by atoms with Gasteiger partial charge in [0.05, 0.1) is 39.9 Å². The van der Waals surface area contributed by atoms with E-state index in [0.717, 1.165) is 77.0 Å². The molecule has 0 bridgehead atoms. The van der Waals surface area contributed by atoms with E-state index in [9.17, 15) is 19.4 Å². The number of phosphoric ester groups is 1. The standard InChI is InChI=1S/C57H105N2O6P/c1-6-8-10-12-14-16-18-20-22-24-25-26-27-28-29-30-31-32-33-35-36-38-40-42-44-46-48-50-56(60)55(54-65-66(62,63)64-53-52-59(3,4)5)58-57(61)51-49-47-45-43-41-39-37-34-23-21-19-17-15-13-11-9-7-2/h9,11,15,17,21,23,33,35,40,42,48,50,55-56,60H,6-8,10,12-14,16,18-20,22,24-32,34,36-39,41,43-47,49,51-54H2,1-5H3,(H-,58,61,62,63)/b11-9-,17-15-,23-21-,35-33+,42-40+,50-48+. The number of phosphoric acid groups is 1. The van der Waals surface area contributed by atoms with Crippen molar-refractivity contribution in [3.63, 3.8) is 0 Å². The molecule has 8 nitrogen and oxygen atoms in total. The Bertz CT molecular complexity index is 1300. The van der Waals surface area contributed by atoms with Crippen molar-refractivity contribution < 1.29 is 32.9 Å². The molecule has 0 aliphatic heterocycles. The maximum atomic E-state index is 12.9. The van der Waals surface area contributed by atoms with Crippen molar-refractivity contribution in [1.82, 2.24) is 5.32 Å². The smallest absolute Gasteiger partial charge is 0.268 e. The van der Waals surface area contributed by atoms with Crippen molar-refractivity contribution in [3.8, 4) is 0 Å². The number of carbonyl (C=O) groups is 1. The number of nitrogens with one attached hydrogen (secondary N) is 1. The maximum Gasteiger partial charge on any atom is 0.268 e. The van der Waals surface area contributed by atoms with Gasteiger partial charge >= 0.3 is 0 Å². The normalized spacial score (nSPS) is 14.6. The van der Waals surface area contributed by atoms with Gasteiger partial charge in [0.25, 0.3) is 7.82 Å². The van der Waals surface area contributed by atoms with Gasteiger partial charge in [-0.2, -0.15) is 0 Å². The topological polar surface area (TPSA) is 108 Å². The van der Waals surface area contributed by atoms with Crippen LogP contribution in [0, 0.1) is 0 Å². The summed E-state index contributed by atoms with van der Waals surface area (Å²) in [5.74, 6) is -0.223. The lowest BCUT2D eigenvalue weighted by Gasteiger charge is -2.29. The highest BCUT2D eigenvalue weighted by Gasteiger charge is 2.23. The molecule has 0 aliphatic rings. The summed E-state index contributed by atoms with van der Waals surface area (Å²) in [6.07, 6.45) is 65.5. The first-order valence-corrected chi connectivity index (χ1v) is 28.8. The lowest BCUT2D eigenvalue weighted by molar-refractivity contribution is -0.870. The molecular weight excluding hydrogens is 840 g/mol. The Morgan fingerprint density at radius 2 is 0.939 bits per heavy atom. The van der Waals surface area contributed by atoms with Crippen LogP contribution in [0.5, 0.6) is 0 Å². The van der Waals surface area contributed by atoms with Gasteiger partial charge in [-0.05, 0) is 77.0 Å². The zero-order valence-corrected chi connectivity index (χ0v) is 44.5. The third-order valence-electron chi connectivity index (χ3n) is 11.9. The fourth-order valence-electron chi connectivity index (χ4n) is 7.61. The molecule has 0 aromatic carbocycles. The monoisotopic (exact) mass is 945 g/mol. The van der Waals surface area contributed by atoms with Crippen LogP contribution >= 0.6 is 7.82 Å². The Labute approximate surface area is 408 Å². The number of aliphatic hydroxyl groups excluding tert-OH is 1.